The monoisotopic (exact) mass is 300 g/mol. The minimum Gasteiger partial charge on any atom is -0.463 e. The fourth-order valence-electron chi connectivity index (χ4n) is 2.54. The summed E-state index contributed by atoms with van der Waals surface area (Å²) in [6, 6.07) is 10.3. The van der Waals surface area contributed by atoms with Crippen molar-refractivity contribution in [1.82, 2.24) is 0 Å². The van der Waals surface area contributed by atoms with Crippen molar-refractivity contribution in [2.75, 3.05) is 6.61 Å². The molecule has 2 rings (SSSR count). The first-order chi connectivity index (χ1) is 10.8. The van der Waals surface area contributed by atoms with E-state index in [-0.39, 0.29) is 5.97 Å². The van der Waals surface area contributed by atoms with Crippen molar-refractivity contribution >= 4 is 5.97 Å². The first kappa shape index (κ1) is 16.5. The van der Waals surface area contributed by atoms with Crippen molar-refractivity contribution in [2.24, 2.45) is 0 Å². The van der Waals surface area contributed by atoms with Crippen LogP contribution in [0.4, 0.5) is 0 Å². The summed E-state index contributed by atoms with van der Waals surface area (Å²) >= 11 is 0. The van der Waals surface area contributed by atoms with Gasteiger partial charge < -0.3 is 9.47 Å². The second kappa shape index (κ2) is 9.21. The number of esters is 1. The van der Waals surface area contributed by atoms with E-state index in [1.165, 1.54) is 17.2 Å². The minimum absolute atomic E-state index is 0.278. The Labute approximate surface area is 132 Å². The highest BCUT2D eigenvalue weighted by Gasteiger charge is 2.16. The largest absolute Gasteiger partial charge is 0.463 e. The number of allylic oxidation sites excluding steroid dienone is 3. The lowest BCUT2D eigenvalue weighted by molar-refractivity contribution is -0.137. The fourth-order valence-corrected chi connectivity index (χ4v) is 2.54. The first-order valence-corrected chi connectivity index (χ1v) is 7.96. The molecule has 3 heteroatoms. The predicted octanol–water partition coefficient (Wildman–Crippen LogP) is 4.19. The Balaban J connectivity index is 1.70. The molecule has 118 valence electrons. The van der Waals surface area contributed by atoms with Crippen LogP contribution in [-0.4, -0.2) is 18.7 Å². The number of rotatable bonds is 6. The quantitative estimate of drug-likeness (QED) is 0.583. The summed E-state index contributed by atoms with van der Waals surface area (Å²) in [5, 5.41) is 0. The molecule has 1 fully saturated rings. The van der Waals surface area contributed by atoms with Gasteiger partial charge in [-0.3, -0.25) is 0 Å². The summed E-state index contributed by atoms with van der Waals surface area (Å²) in [6.07, 6.45) is 9.81. The standard InChI is InChI=1S/C19H24O3/c1-2-21-19(20)10-6-9-16-11-13-18(14-12-16)22-15-17-7-4-3-5-8-17/h3-10,18H,2,11-15H2,1H3/b10-6+,16-9?. The number of ether oxygens (including phenoxy) is 2. The number of hydrogen-bond donors (Lipinski definition) is 0. The molecule has 1 saturated carbocycles. The fraction of sp³-hybridized carbons (Fsp3) is 0.421. The number of benzene rings is 1. The van der Waals surface area contributed by atoms with Gasteiger partial charge in [0.2, 0.25) is 0 Å². The molecule has 0 aliphatic heterocycles. The summed E-state index contributed by atoms with van der Waals surface area (Å²) in [5.74, 6) is -0.278. The molecule has 0 aromatic heterocycles. The molecular formula is C19H24O3. The van der Waals surface area contributed by atoms with Crippen LogP contribution in [0.1, 0.15) is 38.2 Å². The number of carbonyl (C=O) groups is 1. The van der Waals surface area contributed by atoms with Crippen LogP contribution in [-0.2, 0) is 20.9 Å². The highest BCUT2D eigenvalue weighted by molar-refractivity contribution is 5.82. The summed E-state index contributed by atoms with van der Waals surface area (Å²) in [4.78, 5) is 11.2. The Morgan fingerprint density at radius 1 is 1.23 bits per heavy atom. The third-order valence-electron chi connectivity index (χ3n) is 3.75. The molecule has 0 N–H and O–H groups in total. The summed E-state index contributed by atoms with van der Waals surface area (Å²) in [6.45, 7) is 2.91. The number of carbonyl (C=O) groups excluding carboxylic acids is 1. The maximum absolute atomic E-state index is 11.2. The minimum atomic E-state index is -0.278. The molecule has 0 heterocycles. The summed E-state index contributed by atoms with van der Waals surface area (Å²) < 4.78 is 10.8. The van der Waals surface area contributed by atoms with Crippen molar-refractivity contribution in [2.45, 2.75) is 45.3 Å². The maximum Gasteiger partial charge on any atom is 0.330 e. The van der Waals surface area contributed by atoms with E-state index < -0.39 is 0 Å². The predicted molar refractivity (Wildman–Crippen MR) is 87.3 cm³/mol. The van der Waals surface area contributed by atoms with E-state index in [2.05, 4.69) is 12.1 Å². The zero-order chi connectivity index (χ0) is 15.6. The molecule has 22 heavy (non-hydrogen) atoms. The van der Waals surface area contributed by atoms with Gasteiger partial charge in [0.25, 0.3) is 0 Å². The van der Waals surface area contributed by atoms with Crippen LogP contribution in [0, 0.1) is 0 Å². The third-order valence-corrected chi connectivity index (χ3v) is 3.75. The Morgan fingerprint density at radius 3 is 2.64 bits per heavy atom. The van der Waals surface area contributed by atoms with Crippen LogP contribution < -0.4 is 0 Å². The van der Waals surface area contributed by atoms with Crippen molar-refractivity contribution in [3.05, 3.63) is 59.7 Å². The average Bonchev–Trinajstić information content (AvgIpc) is 2.55. The molecule has 0 atom stereocenters. The topological polar surface area (TPSA) is 35.5 Å². The van der Waals surface area contributed by atoms with Gasteiger partial charge in [0.05, 0.1) is 19.3 Å². The van der Waals surface area contributed by atoms with E-state index in [0.29, 0.717) is 19.3 Å². The van der Waals surface area contributed by atoms with Crippen molar-refractivity contribution in [1.29, 1.82) is 0 Å². The molecule has 1 aliphatic carbocycles. The molecule has 3 nitrogen and oxygen atoms in total. The molecule has 1 aliphatic rings. The summed E-state index contributed by atoms with van der Waals surface area (Å²) in [5.41, 5.74) is 2.60. The SMILES string of the molecule is CCOC(=O)/C=C/C=C1CCC(OCc2ccccc2)CC1. The van der Waals surface area contributed by atoms with E-state index in [1.807, 2.05) is 24.3 Å². The van der Waals surface area contributed by atoms with Gasteiger partial charge in [-0.25, -0.2) is 4.79 Å². The summed E-state index contributed by atoms with van der Waals surface area (Å²) in [7, 11) is 0. The van der Waals surface area contributed by atoms with Crippen molar-refractivity contribution in [3.63, 3.8) is 0 Å². The van der Waals surface area contributed by atoms with E-state index in [1.54, 1.807) is 13.0 Å². The van der Waals surface area contributed by atoms with Gasteiger partial charge in [-0.15, -0.1) is 0 Å². The Kier molecular flexibility index (Phi) is 6.91. The molecule has 1 aromatic carbocycles. The van der Waals surface area contributed by atoms with Crippen LogP contribution in [0.15, 0.2) is 54.1 Å². The highest BCUT2D eigenvalue weighted by atomic mass is 16.5. The molecule has 0 spiro atoms. The normalized spacial score (nSPS) is 18.4. The van der Waals surface area contributed by atoms with Crippen LogP contribution in [0.5, 0.6) is 0 Å². The lowest BCUT2D eigenvalue weighted by Crippen LogP contribution is -2.17. The zero-order valence-electron chi connectivity index (χ0n) is 13.2. The van der Waals surface area contributed by atoms with Crippen molar-refractivity contribution < 1.29 is 14.3 Å². The maximum atomic E-state index is 11.2. The van der Waals surface area contributed by atoms with E-state index >= 15 is 0 Å². The highest BCUT2D eigenvalue weighted by Crippen LogP contribution is 2.26. The second-order valence-corrected chi connectivity index (χ2v) is 5.43. The van der Waals surface area contributed by atoms with Gasteiger partial charge >= 0.3 is 5.97 Å². The van der Waals surface area contributed by atoms with Crippen LogP contribution in [0.3, 0.4) is 0 Å². The van der Waals surface area contributed by atoms with Crippen molar-refractivity contribution in [3.8, 4) is 0 Å². The van der Waals surface area contributed by atoms with Gasteiger partial charge in [0.15, 0.2) is 0 Å². The van der Waals surface area contributed by atoms with Gasteiger partial charge in [0, 0.05) is 6.08 Å². The van der Waals surface area contributed by atoms with Crippen LogP contribution in [0.25, 0.3) is 0 Å². The number of hydrogen-bond acceptors (Lipinski definition) is 3. The van der Waals surface area contributed by atoms with Gasteiger partial charge in [-0.05, 0) is 38.2 Å². The molecule has 1 aromatic rings. The first-order valence-electron chi connectivity index (χ1n) is 7.96. The van der Waals surface area contributed by atoms with E-state index in [9.17, 15) is 4.79 Å². The molecular weight excluding hydrogens is 276 g/mol. The van der Waals surface area contributed by atoms with E-state index in [0.717, 1.165) is 25.7 Å². The zero-order valence-corrected chi connectivity index (χ0v) is 13.2. The average molecular weight is 300 g/mol. The lowest BCUT2D eigenvalue weighted by atomic mass is 9.92. The Bertz CT molecular complexity index is 507. The smallest absolute Gasteiger partial charge is 0.330 e. The Morgan fingerprint density at radius 2 is 1.95 bits per heavy atom. The van der Waals surface area contributed by atoms with Crippen LogP contribution in [0.2, 0.25) is 0 Å². The Hall–Kier alpha value is -1.87. The van der Waals surface area contributed by atoms with Crippen LogP contribution >= 0.6 is 0 Å². The van der Waals surface area contributed by atoms with Gasteiger partial charge in [-0.2, -0.15) is 0 Å². The molecule has 0 radical (unpaired) electrons. The molecule has 0 saturated heterocycles. The molecule has 0 amide bonds. The second-order valence-electron chi connectivity index (χ2n) is 5.43. The van der Waals surface area contributed by atoms with Gasteiger partial charge in [-0.1, -0.05) is 48.1 Å². The lowest BCUT2D eigenvalue weighted by Gasteiger charge is -2.24. The molecule has 0 bridgehead atoms. The third kappa shape index (κ3) is 5.86. The van der Waals surface area contributed by atoms with Gasteiger partial charge in [0.1, 0.15) is 0 Å². The van der Waals surface area contributed by atoms with E-state index in [4.69, 9.17) is 9.47 Å². The molecule has 0 unspecified atom stereocenters.